The fraction of sp³-hybridized carbons (Fsp3) is 0.238. The van der Waals surface area contributed by atoms with Gasteiger partial charge in [0.05, 0.1) is 24.2 Å². The summed E-state index contributed by atoms with van der Waals surface area (Å²) in [4.78, 5) is 28.2. The molecular weight excluding hydrogens is 394 g/mol. The molecule has 1 aliphatic heterocycles. The zero-order valence-electron chi connectivity index (χ0n) is 15.6. The number of amides is 1. The van der Waals surface area contributed by atoms with Gasteiger partial charge in [0.2, 0.25) is 5.91 Å². The van der Waals surface area contributed by atoms with Crippen molar-refractivity contribution in [3.8, 4) is 0 Å². The zero-order valence-corrected chi connectivity index (χ0v) is 16.4. The van der Waals surface area contributed by atoms with E-state index >= 15 is 0 Å². The van der Waals surface area contributed by atoms with E-state index in [4.69, 9.17) is 21.1 Å². The largest absolute Gasteiger partial charge is 0.481 e. The van der Waals surface area contributed by atoms with Gasteiger partial charge in [-0.25, -0.2) is 9.99 Å². The van der Waals surface area contributed by atoms with Crippen LogP contribution >= 0.6 is 11.6 Å². The predicted octanol–water partition coefficient (Wildman–Crippen LogP) is 4.33. The van der Waals surface area contributed by atoms with E-state index in [0.717, 1.165) is 16.5 Å². The minimum Gasteiger partial charge on any atom is -0.481 e. The fourth-order valence-electron chi connectivity index (χ4n) is 3.48. The summed E-state index contributed by atoms with van der Waals surface area (Å²) in [6.45, 7) is 1.96. The number of hydrazone groups is 1. The van der Waals surface area contributed by atoms with Gasteiger partial charge in [0.1, 0.15) is 16.6 Å². The molecule has 7 nitrogen and oxygen atoms in total. The van der Waals surface area contributed by atoms with Gasteiger partial charge in [-0.2, -0.15) is 5.10 Å². The third-order valence-corrected chi connectivity index (χ3v) is 5.21. The maximum absolute atomic E-state index is 12.7. The Kier molecular flexibility index (Phi) is 5.07. The van der Waals surface area contributed by atoms with Crippen LogP contribution in [0.5, 0.6) is 0 Å². The average Bonchev–Trinajstić information content (AvgIpc) is 3.36. The minimum absolute atomic E-state index is 0.154. The highest BCUT2D eigenvalue weighted by atomic mass is 35.5. The molecule has 2 aromatic heterocycles. The molecule has 0 radical (unpaired) electrons. The summed E-state index contributed by atoms with van der Waals surface area (Å²) < 4.78 is 5.43. The first kappa shape index (κ1) is 19.1. The number of rotatable bonds is 5. The van der Waals surface area contributed by atoms with E-state index in [1.54, 1.807) is 12.1 Å². The molecule has 29 heavy (non-hydrogen) atoms. The second kappa shape index (κ2) is 7.67. The molecule has 0 aliphatic carbocycles. The van der Waals surface area contributed by atoms with E-state index in [1.807, 2.05) is 31.2 Å². The number of aryl methyl sites for hydroxylation is 1. The van der Waals surface area contributed by atoms with E-state index < -0.39 is 12.0 Å². The molecule has 4 rings (SSSR count). The molecular formula is C21H18ClN3O4. The van der Waals surface area contributed by atoms with Crippen LogP contribution in [0.3, 0.4) is 0 Å². The second-order valence-electron chi connectivity index (χ2n) is 6.89. The highest BCUT2D eigenvalue weighted by molar-refractivity contribution is 6.30. The van der Waals surface area contributed by atoms with Crippen LogP contribution in [0.25, 0.3) is 10.9 Å². The number of carbonyl (C=O) groups excluding carboxylic acids is 1. The van der Waals surface area contributed by atoms with E-state index in [-0.39, 0.29) is 18.7 Å². The third-order valence-electron chi connectivity index (χ3n) is 4.91. The molecule has 0 bridgehead atoms. The number of carbonyl (C=O) groups is 2. The molecule has 3 heterocycles. The van der Waals surface area contributed by atoms with Crippen molar-refractivity contribution in [2.45, 2.75) is 32.2 Å². The van der Waals surface area contributed by atoms with Crippen LogP contribution < -0.4 is 0 Å². The van der Waals surface area contributed by atoms with Crippen LogP contribution in [0.15, 0.2) is 52.2 Å². The van der Waals surface area contributed by atoms with Gasteiger partial charge >= 0.3 is 5.97 Å². The summed E-state index contributed by atoms with van der Waals surface area (Å²) in [5.41, 5.74) is 3.07. The molecule has 1 atom stereocenters. The lowest BCUT2D eigenvalue weighted by molar-refractivity contribution is -0.141. The van der Waals surface area contributed by atoms with Crippen molar-refractivity contribution in [2.75, 3.05) is 0 Å². The van der Waals surface area contributed by atoms with Gasteiger partial charge in [0, 0.05) is 23.8 Å². The van der Waals surface area contributed by atoms with Crippen LogP contribution in [0.4, 0.5) is 0 Å². The third kappa shape index (κ3) is 3.73. The molecule has 0 saturated carbocycles. The molecule has 0 unspecified atom stereocenters. The van der Waals surface area contributed by atoms with E-state index in [1.165, 1.54) is 11.3 Å². The standard InChI is InChI=1S/C21H18ClN3O4/c1-12-4-2-5-13-10-14(21(22)23-20(12)13)16-11-15(17-6-3-9-29-17)24-25(16)18(26)7-8-19(27)28/h2-6,9-10,16H,7-8,11H2,1H3,(H,27,28)/t16-/m1/s1. The van der Waals surface area contributed by atoms with Gasteiger partial charge in [0.15, 0.2) is 0 Å². The average molecular weight is 412 g/mol. The number of para-hydroxylation sites is 1. The Hall–Kier alpha value is -3.19. The van der Waals surface area contributed by atoms with Crippen LogP contribution in [-0.4, -0.2) is 32.7 Å². The lowest BCUT2D eigenvalue weighted by atomic mass is 9.99. The Morgan fingerprint density at radius 2 is 2.10 bits per heavy atom. The number of fused-ring (bicyclic) bond motifs is 1. The number of hydrogen-bond acceptors (Lipinski definition) is 5. The second-order valence-corrected chi connectivity index (χ2v) is 7.25. The first-order chi connectivity index (χ1) is 13.9. The Morgan fingerprint density at radius 3 is 2.83 bits per heavy atom. The molecule has 148 valence electrons. The van der Waals surface area contributed by atoms with E-state index in [0.29, 0.717) is 28.6 Å². The summed E-state index contributed by atoms with van der Waals surface area (Å²) in [7, 11) is 0. The summed E-state index contributed by atoms with van der Waals surface area (Å²) in [5, 5.41) is 15.9. The number of hydrogen-bond donors (Lipinski definition) is 1. The molecule has 1 N–H and O–H groups in total. The molecule has 1 aliphatic rings. The Labute approximate surface area is 171 Å². The summed E-state index contributed by atoms with van der Waals surface area (Å²) in [5.74, 6) is -0.867. The van der Waals surface area contributed by atoms with E-state index in [2.05, 4.69) is 10.1 Å². The highest BCUT2D eigenvalue weighted by Gasteiger charge is 2.35. The van der Waals surface area contributed by atoms with E-state index in [9.17, 15) is 9.59 Å². The first-order valence-electron chi connectivity index (χ1n) is 9.15. The Bertz CT molecular complexity index is 1120. The van der Waals surface area contributed by atoms with Gasteiger partial charge in [-0.3, -0.25) is 9.59 Å². The van der Waals surface area contributed by atoms with Crippen LogP contribution in [0.1, 0.15) is 42.2 Å². The number of carboxylic acid groups (broad SMARTS) is 1. The van der Waals surface area contributed by atoms with Crippen molar-refractivity contribution in [3.63, 3.8) is 0 Å². The monoisotopic (exact) mass is 411 g/mol. The van der Waals surface area contributed by atoms with Gasteiger partial charge in [-0.05, 0) is 30.7 Å². The number of aliphatic carboxylic acids is 1. The number of pyridine rings is 1. The molecule has 8 heteroatoms. The molecule has 3 aromatic rings. The lowest BCUT2D eigenvalue weighted by Gasteiger charge is -2.23. The topological polar surface area (TPSA) is 96.0 Å². The molecule has 1 amide bonds. The van der Waals surface area contributed by atoms with Gasteiger partial charge < -0.3 is 9.52 Å². The summed E-state index contributed by atoms with van der Waals surface area (Å²) in [6.07, 6.45) is 1.51. The summed E-state index contributed by atoms with van der Waals surface area (Å²) >= 11 is 6.51. The lowest BCUT2D eigenvalue weighted by Crippen LogP contribution is -2.27. The smallest absolute Gasteiger partial charge is 0.303 e. The van der Waals surface area contributed by atoms with Crippen molar-refractivity contribution in [2.24, 2.45) is 5.10 Å². The summed E-state index contributed by atoms with van der Waals surface area (Å²) in [6, 6.07) is 10.8. The molecule has 0 spiro atoms. The van der Waals surface area contributed by atoms with Crippen molar-refractivity contribution in [3.05, 3.63) is 64.7 Å². The predicted molar refractivity (Wildman–Crippen MR) is 108 cm³/mol. The minimum atomic E-state index is -1.04. The number of carboxylic acids is 1. The Morgan fingerprint density at radius 1 is 1.28 bits per heavy atom. The number of aromatic nitrogens is 1. The van der Waals surface area contributed by atoms with Crippen molar-refractivity contribution < 1.29 is 19.1 Å². The number of furan rings is 1. The normalized spacial score (nSPS) is 16.3. The van der Waals surface area contributed by atoms with Crippen molar-refractivity contribution in [1.29, 1.82) is 0 Å². The molecule has 0 saturated heterocycles. The zero-order chi connectivity index (χ0) is 20.5. The number of nitrogens with zero attached hydrogens (tertiary/aromatic N) is 3. The van der Waals surface area contributed by atoms with Gasteiger partial charge in [0.25, 0.3) is 0 Å². The maximum Gasteiger partial charge on any atom is 0.303 e. The molecule has 0 fully saturated rings. The first-order valence-corrected chi connectivity index (χ1v) is 9.53. The fourth-order valence-corrected chi connectivity index (χ4v) is 3.74. The van der Waals surface area contributed by atoms with Gasteiger partial charge in [-0.1, -0.05) is 29.8 Å². The Balaban J connectivity index is 1.74. The number of halogens is 1. The van der Waals surface area contributed by atoms with Crippen molar-refractivity contribution >= 4 is 40.1 Å². The maximum atomic E-state index is 12.7. The quantitative estimate of drug-likeness (QED) is 0.630. The van der Waals surface area contributed by atoms with Crippen molar-refractivity contribution in [1.82, 2.24) is 9.99 Å². The number of benzene rings is 1. The molecule has 1 aromatic carbocycles. The highest BCUT2D eigenvalue weighted by Crippen LogP contribution is 2.38. The van der Waals surface area contributed by atoms with Gasteiger partial charge in [-0.15, -0.1) is 0 Å². The van der Waals surface area contributed by atoms with Crippen LogP contribution in [0, 0.1) is 6.92 Å². The van der Waals surface area contributed by atoms with Crippen LogP contribution in [0.2, 0.25) is 5.15 Å². The SMILES string of the molecule is Cc1cccc2cc([C@H]3CC(c4ccco4)=NN3C(=O)CCC(=O)O)c(Cl)nc12. The van der Waals surface area contributed by atoms with Crippen LogP contribution in [-0.2, 0) is 9.59 Å².